The minimum Gasteiger partial charge on any atom is -0.368 e. The summed E-state index contributed by atoms with van der Waals surface area (Å²) in [7, 11) is 0. The Morgan fingerprint density at radius 3 is 2.64 bits per heavy atom. The molecule has 25 heavy (non-hydrogen) atoms. The van der Waals surface area contributed by atoms with E-state index in [2.05, 4.69) is 18.7 Å². The van der Waals surface area contributed by atoms with Crippen molar-refractivity contribution >= 4 is 6.08 Å². The maximum atomic E-state index is 6.04. The lowest BCUT2D eigenvalue weighted by molar-refractivity contribution is -0.167. The highest BCUT2D eigenvalue weighted by Crippen LogP contribution is 2.36. The van der Waals surface area contributed by atoms with E-state index in [9.17, 15) is 0 Å². The van der Waals surface area contributed by atoms with Crippen molar-refractivity contribution in [2.24, 2.45) is 0 Å². The van der Waals surface area contributed by atoms with E-state index in [0.717, 1.165) is 5.56 Å². The standard InChI is InChI=1S/C21H26O4/c1-4-14-23-19-17(12-13-18-20(19)25-21(2,3)24-18)22-15-8-11-16-9-6-5-7-10-16/h4-13,17-20H,1,14-15H2,2-3H3/b11-8+/t17-,18+,19+,20+/m0/s1. The molecule has 0 aromatic heterocycles. The van der Waals surface area contributed by atoms with Crippen LogP contribution in [0.1, 0.15) is 19.4 Å². The van der Waals surface area contributed by atoms with Crippen LogP contribution in [-0.4, -0.2) is 43.4 Å². The molecule has 2 aliphatic rings. The van der Waals surface area contributed by atoms with Crippen molar-refractivity contribution in [1.29, 1.82) is 0 Å². The van der Waals surface area contributed by atoms with Crippen molar-refractivity contribution in [2.45, 2.75) is 44.1 Å². The van der Waals surface area contributed by atoms with Gasteiger partial charge < -0.3 is 18.9 Å². The van der Waals surface area contributed by atoms with E-state index >= 15 is 0 Å². The van der Waals surface area contributed by atoms with Gasteiger partial charge in [-0.15, -0.1) is 6.58 Å². The highest BCUT2D eigenvalue weighted by molar-refractivity contribution is 5.48. The highest BCUT2D eigenvalue weighted by Gasteiger charge is 2.48. The van der Waals surface area contributed by atoms with Crippen molar-refractivity contribution in [2.75, 3.05) is 13.2 Å². The van der Waals surface area contributed by atoms with Crippen LogP contribution in [0, 0.1) is 0 Å². The zero-order valence-corrected chi connectivity index (χ0v) is 14.8. The van der Waals surface area contributed by atoms with Crippen LogP contribution in [0.15, 0.2) is 61.2 Å². The molecule has 0 radical (unpaired) electrons. The van der Waals surface area contributed by atoms with Crippen LogP contribution < -0.4 is 0 Å². The number of ether oxygens (including phenoxy) is 4. The number of benzene rings is 1. The molecular formula is C21H26O4. The Bertz CT molecular complexity index is 620. The van der Waals surface area contributed by atoms with E-state index in [1.807, 2.05) is 56.4 Å². The molecule has 0 N–H and O–H groups in total. The number of hydrogen-bond donors (Lipinski definition) is 0. The van der Waals surface area contributed by atoms with Crippen LogP contribution in [-0.2, 0) is 18.9 Å². The van der Waals surface area contributed by atoms with Crippen LogP contribution >= 0.6 is 0 Å². The van der Waals surface area contributed by atoms with Crippen molar-refractivity contribution in [1.82, 2.24) is 0 Å². The summed E-state index contributed by atoms with van der Waals surface area (Å²) in [5.41, 5.74) is 1.15. The molecule has 1 saturated heterocycles. The van der Waals surface area contributed by atoms with E-state index in [1.165, 1.54) is 0 Å². The molecule has 0 saturated carbocycles. The molecule has 134 valence electrons. The van der Waals surface area contributed by atoms with Crippen molar-refractivity contribution in [3.63, 3.8) is 0 Å². The van der Waals surface area contributed by atoms with Gasteiger partial charge in [0.05, 0.1) is 13.2 Å². The summed E-state index contributed by atoms with van der Waals surface area (Å²) in [6, 6.07) is 10.2. The van der Waals surface area contributed by atoms with Gasteiger partial charge in [-0.25, -0.2) is 0 Å². The molecule has 1 aliphatic carbocycles. The molecule has 4 heteroatoms. The van der Waals surface area contributed by atoms with Crippen LogP contribution in [0.25, 0.3) is 6.08 Å². The SMILES string of the molecule is C=CCO[C@H]1[C@@H]2OC(C)(C)O[C@@H]2C=C[C@@H]1OC/C=C/c1ccccc1. The van der Waals surface area contributed by atoms with Gasteiger partial charge in [-0.05, 0) is 19.4 Å². The van der Waals surface area contributed by atoms with E-state index in [1.54, 1.807) is 6.08 Å². The molecule has 0 bridgehead atoms. The number of hydrogen-bond acceptors (Lipinski definition) is 4. The Hall–Kier alpha value is -1.72. The van der Waals surface area contributed by atoms with Crippen LogP contribution in [0.3, 0.4) is 0 Å². The average Bonchev–Trinajstić information content (AvgIpc) is 2.92. The van der Waals surface area contributed by atoms with Gasteiger partial charge in [0.2, 0.25) is 0 Å². The first-order chi connectivity index (χ1) is 12.1. The van der Waals surface area contributed by atoms with Gasteiger partial charge >= 0.3 is 0 Å². The fourth-order valence-corrected chi connectivity index (χ4v) is 3.17. The minimum atomic E-state index is -0.614. The monoisotopic (exact) mass is 342 g/mol. The summed E-state index contributed by atoms with van der Waals surface area (Å²) in [6.07, 6.45) is 9.13. The molecule has 4 nitrogen and oxygen atoms in total. The quantitative estimate of drug-likeness (QED) is 0.707. The zero-order chi connectivity index (χ0) is 17.7. The van der Waals surface area contributed by atoms with Crippen LogP contribution in [0.5, 0.6) is 0 Å². The Morgan fingerprint density at radius 2 is 1.88 bits per heavy atom. The normalized spacial score (nSPS) is 30.5. The average molecular weight is 342 g/mol. The molecule has 1 fully saturated rings. The first-order valence-corrected chi connectivity index (χ1v) is 8.69. The second-order valence-electron chi connectivity index (χ2n) is 6.65. The summed E-state index contributed by atoms with van der Waals surface area (Å²) < 4.78 is 23.9. The van der Waals surface area contributed by atoms with Gasteiger partial charge in [0.1, 0.15) is 24.4 Å². The Kier molecular flexibility index (Phi) is 5.86. The van der Waals surface area contributed by atoms with Gasteiger partial charge in [0.15, 0.2) is 5.79 Å². The molecule has 1 aliphatic heterocycles. The largest absolute Gasteiger partial charge is 0.368 e. The molecule has 0 spiro atoms. The van der Waals surface area contributed by atoms with Crippen LogP contribution in [0.4, 0.5) is 0 Å². The molecule has 1 aromatic carbocycles. The molecule has 1 heterocycles. The number of rotatable bonds is 7. The lowest BCUT2D eigenvalue weighted by Gasteiger charge is -2.33. The van der Waals surface area contributed by atoms with Crippen molar-refractivity contribution in [3.05, 3.63) is 66.8 Å². The van der Waals surface area contributed by atoms with Gasteiger partial charge in [0.25, 0.3) is 0 Å². The third kappa shape index (κ3) is 4.67. The zero-order valence-electron chi connectivity index (χ0n) is 14.8. The fraction of sp³-hybridized carbons (Fsp3) is 0.429. The van der Waals surface area contributed by atoms with Gasteiger partial charge in [-0.1, -0.05) is 60.7 Å². The second kappa shape index (κ2) is 8.11. The molecular weight excluding hydrogens is 316 g/mol. The van der Waals surface area contributed by atoms with E-state index in [-0.39, 0.29) is 24.4 Å². The minimum absolute atomic E-state index is 0.107. The molecule has 1 aromatic rings. The van der Waals surface area contributed by atoms with Crippen LogP contribution in [0.2, 0.25) is 0 Å². The van der Waals surface area contributed by atoms with E-state index < -0.39 is 5.79 Å². The van der Waals surface area contributed by atoms with Crippen molar-refractivity contribution in [3.8, 4) is 0 Å². The Morgan fingerprint density at radius 1 is 1.08 bits per heavy atom. The number of fused-ring (bicyclic) bond motifs is 1. The third-order valence-corrected chi connectivity index (χ3v) is 4.20. The predicted octanol–water partition coefficient (Wildman–Crippen LogP) is 3.75. The first kappa shape index (κ1) is 18.1. The maximum absolute atomic E-state index is 6.04. The third-order valence-electron chi connectivity index (χ3n) is 4.20. The fourth-order valence-electron chi connectivity index (χ4n) is 3.17. The highest BCUT2D eigenvalue weighted by atomic mass is 16.8. The maximum Gasteiger partial charge on any atom is 0.164 e. The smallest absolute Gasteiger partial charge is 0.164 e. The van der Waals surface area contributed by atoms with Crippen molar-refractivity contribution < 1.29 is 18.9 Å². The first-order valence-electron chi connectivity index (χ1n) is 8.69. The van der Waals surface area contributed by atoms with E-state index in [4.69, 9.17) is 18.9 Å². The second-order valence-corrected chi connectivity index (χ2v) is 6.65. The van der Waals surface area contributed by atoms with Gasteiger partial charge in [-0.2, -0.15) is 0 Å². The molecule has 0 unspecified atom stereocenters. The summed E-state index contributed by atoms with van der Waals surface area (Å²) in [6.45, 7) is 8.51. The summed E-state index contributed by atoms with van der Waals surface area (Å²) in [5, 5.41) is 0. The molecule has 4 atom stereocenters. The van der Waals surface area contributed by atoms with Gasteiger partial charge in [0, 0.05) is 0 Å². The summed E-state index contributed by atoms with van der Waals surface area (Å²) in [5.74, 6) is -0.614. The van der Waals surface area contributed by atoms with Gasteiger partial charge in [-0.3, -0.25) is 0 Å². The van der Waals surface area contributed by atoms with E-state index in [0.29, 0.717) is 13.2 Å². The summed E-state index contributed by atoms with van der Waals surface area (Å²) >= 11 is 0. The molecule has 0 amide bonds. The summed E-state index contributed by atoms with van der Waals surface area (Å²) in [4.78, 5) is 0. The lowest BCUT2D eigenvalue weighted by atomic mass is 9.96. The topological polar surface area (TPSA) is 36.9 Å². The predicted molar refractivity (Wildman–Crippen MR) is 98.1 cm³/mol. The molecule has 3 rings (SSSR count). The lowest BCUT2D eigenvalue weighted by Crippen LogP contribution is -2.48. The Balaban J connectivity index is 1.62. The Labute approximate surface area is 149 Å².